The standard InChI is InChI=1S/C23H16F2N4O2S/c1-13-19(22-27-21(28-31-22)18-8-5-9-32-18)20(14-6-3-2-4-7-14)26-23(30)29(13)17-11-15(24)10-16(25)12-17/h2-12,20H,1H3,(H,26,30). The Balaban J connectivity index is 1.68. The third-order valence-electron chi connectivity index (χ3n) is 5.12. The Kier molecular flexibility index (Phi) is 5.02. The second-order valence-corrected chi connectivity index (χ2v) is 8.10. The van der Waals surface area contributed by atoms with Crippen molar-refractivity contribution in [2.75, 3.05) is 4.90 Å². The largest absolute Gasteiger partial charge is 0.334 e. The summed E-state index contributed by atoms with van der Waals surface area (Å²) < 4.78 is 33.4. The van der Waals surface area contributed by atoms with E-state index in [0.717, 1.165) is 28.6 Å². The number of amides is 2. The maximum Gasteiger partial charge on any atom is 0.327 e. The molecule has 1 aliphatic rings. The highest BCUT2D eigenvalue weighted by atomic mass is 32.1. The highest BCUT2D eigenvalue weighted by molar-refractivity contribution is 7.13. The molecular weight excluding hydrogens is 434 g/mol. The molecule has 0 saturated carbocycles. The van der Waals surface area contributed by atoms with Gasteiger partial charge >= 0.3 is 6.03 Å². The Bertz CT molecular complexity index is 1300. The van der Waals surface area contributed by atoms with Crippen molar-refractivity contribution in [1.29, 1.82) is 0 Å². The van der Waals surface area contributed by atoms with Gasteiger partial charge in [-0.15, -0.1) is 11.3 Å². The van der Waals surface area contributed by atoms with Gasteiger partial charge in [-0.1, -0.05) is 41.6 Å². The maximum absolute atomic E-state index is 13.9. The first kappa shape index (κ1) is 20.1. The molecule has 2 amide bonds. The number of anilines is 1. The SMILES string of the molecule is CC1=C(c2nc(-c3cccs3)no2)C(c2ccccc2)NC(=O)N1c1cc(F)cc(F)c1. The molecule has 160 valence electrons. The first-order valence-electron chi connectivity index (χ1n) is 9.71. The van der Waals surface area contributed by atoms with Crippen molar-refractivity contribution in [2.45, 2.75) is 13.0 Å². The summed E-state index contributed by atoms with van der Waals surface area (Å²) in [6, 6.07) is 14.9. The minimum Gasteiger partial charge on any atom is -0.334 e. The van der Waals surface area contributed by atoms with Crippen LogP contribution in [0.3, 0.4) is 0 Å². The summed E-state index contributed by atoms with van der Waals surface area (Å²) in [7, 11) is 0. The lowest BCUT2D eigenvalue weighted by molar-refractivity contribution is 0.244. The van der Waals surface area contributed by atoms with Crippen molar-refractivity contribution >= 4 is 28.6 Å². The van der Waals surface area contributed by atoms with Gasteiger partial charge in [0.25, 0.3) is 5.89 Å². The molecule has 1 aliphatic heterocycles. The van der Waals surface area contributed by atoms with E-state index >= 15 is 0 Å². The molecule has 3 heterocycles. The third-order valence-corrected chi connectivity index (χ3v) is 5.99. The fourth-order valence-electron chi connectivity index (χ4n) is 3.73. The van der Waals surface area contributed by atoms with Crippen molar-refractivity contribution in [2.24, 2.45) is 0 Å². The molecule has 1 atom stereocenters. The monoisotopic (exact) mass is 450 g/mol. The molecule has 0 saturated heterocycles. The van der Waals surface area contributed by atoms with Crippen molar-refractivity contribution in [3.05, 3.63) is 94.8 Å². The molecule has 1 N–H and O–H groups in total. The smallest absolute Gasteiger partial charge is 0.327 e. The molecule has 0 radical (unpaired) electrons. The molecule has 0 fully saturated rings. The van der Waals surface area contributed by atoms with E-state index in [1.54, 1.807) is 6.92 Å². The van der Waals surface area contributed by atoms with Crippen molar-refractivity contribution in [3.8, 4) is 10.7 Å². The van der Waals surface area contributed by atoms with Gasteiger partial charge < -0.3 is 9.84 Å². The zero-order chi connectivity index (χ0) is 22.2. The van der Waals surface area contributed by atoms with Crippen LogP contribution in [0.15, 0.2) is 76.3 Å². The average molecular weight is 450 g/mol. The number of aromatic nitrogens is 2. The summed E-state index contributed by atoms with van der Waals surface area (Å²) in [5, 5.41) is 8.89. The number of thiophene rings is 1. The molecule has 0 bridgehead atoms. The predicted octanol–water partition coefficient (Wildman–Crippen LogP) is 5.78. The van der Waals surface area contributed by atoms with E-state index in [1.807, 2.05) is 47.8 Å². The average Bonchev–Trinajstić information content (AvgIpc) is 3.45. The topological polar surface area (TPSA) is 71.3 Å². The first-order valence-corrected chi connectivity index (χ1v) is 10.6. The van der Waals surface area contributed by atoms with Crippen LogP contribution in [0.5, 0.6) is 0 Å². The van der Waals surface area contributed by atoms with Gasteiger partial charge in [0.05, 0.1) is 22.2 Å². The number of halogens is 2. The van der Waals surface area contributed by atoms with E-state index in [1.165, 1.54) is 16.2 Å². The molecule has 2 aromatic carbocycles. The summed E-state index contributed by atoms with van der Waals surface area (Å²) in [5.41, 5.74) is 1.82. The molecule has 9 heteroatoms. The van der Waals surface area contributed by atoms with Crippen molar-refractivity contribution < 1.29 is 18.1 Å². The van der Waals surface area contributed by atoms with Crippen molar-refractivity contribution in [3.63, 3.8) is 0 Å². The minimum absolute atomic E-state index is 0.0551. The van der Waals surface area contributed by atoms with Crippen LogP contribution in [0.2, 0.25) is 0 Å². The highest BCUT2D eigenvalue weighted by Gasteiger charge is 2.36. The van der Waals surface area contributed by atoms with Gasteiger partial charge in [-0.25, -0.2) is 13.6 Å². The maximum atomic E-state index is 13.9. The van der Waals surface area contributed by atoms with Gasteiger partial charge in [0.15, 0.2) is 0 Å². The molecule has 5 rings (SSSR count). The first-order chi connectivity index (χ1) is 15.5. The molecule has 0 aliphatic carbocycles. The number of benzene rings is 2. The van der Waals surface area contributed by atoms with E-state index in [2.05, 4.69) is 15.5 Å². The Morgan fingerprint density at radius 2 is 1.81 bits per heavy atom. The number of hydrogen-bond acceptors (Lipinski definition) is 5. The second kappa shape index (κ2) is 8.01. The summed E-state index contributed by atoms with van der Waals surface area (Å²) in [6.45, 7) is 1.68. The third kappa shape index (κ3) is 3.56. The van der Waals surface area contributed by atoms with Crippen molar-refractivity contribution in [1.82, 2.24) is 15.5 Å². The van der Waals surface area contributed by atoms with E-state index in [0.29, 0.717) is 17.1 Å². The molecule has 1 unspecified atom stereocenters. The van der Waals surface area contributed by atoms with Gasteiger partial charge in [-0.2, -0.15) is 4.98 Å². The quantitative estimate of drug-likeness (QED) is 0.428. The summed E-state index contributed by atoms with van der Waals surface area (Å²) in [4.78, 5) is 19.6. The van der Waals surface area contributed by atoms with Gasteiger partial charge in [-0.05, 0) is 36.1 Å². The number of carbonyl (C=O) groups is 1. The van der Waals surface area contributed by atoms with E-state index in [9.17, 15) is 13.6 Å². The number of nitrogens with zero attached hydrogens (tertiary/aromatic N) is 3. The Morgan fingerprint density at radius 3 is 2.50 bits per heavy atom. The number of urea groups is 1. The Hall–Kier alpha value is -3.85. The predicted molar refractivity (Wildman–Crippen MR) is 117 cm³/mol. The van der Waals surface area contributed by atoms with Gasteiger partial charge in [0.1, 0.15) is 11.6 Å². The fourth-order valence-corrected chi connectivity index (χ4v) is 4.38. The van der Waals surface area contributed by atoms with Crippen LogP contribution >= 0.6 is 11.3 Å². The number of rotatable bonds is 4. The Morgan fingerprint density at radius 1 is 1.06 bits per heavy atom. The lowest BCUT2D eigenvalue weighted by atomic mass is 9.94. The molecule has 6 nitrogen and oxygen atoms in total. The Labute approximate surface area is 185 Å². The summed E-state index contributed by atoms with van der Waals surface area (Å²) in [6.07, 6.45) is 0. The fraction of sp³-hybridized carbons (Fsp3) is 0.0870. The van der Waals surface area contributed by atoms with E-state index in [4.69, 9.17) is 4.52 Å². The number of nitrogens with one attached hydrogen (secondary N) is 1. The lowest BCUT2D eigenvalue weighted by Crippen LogP contribution is -2.46. The lowest BCUT2D eigenvalue weighted by Gasteiger charge is -2.35. The van der Waals surface area contributed by atoms with Crippen LogP contribution in [-0.4, -0.2) is 16.2 Å². The molecule has 0 spiro atoms. The summed E-state index contributed by atoms with van der Waals surface area (Å²) in [5.74, 6) is -0.945. The van der Waals surface area contributed by atoms with Gasteiger partial charge in [-0.3, -0.25) is 4.90 Å². The second-order valence-electron chi connectivity index (χ2n) is 7.16. The van der Waals surface area contributed by atoms with E-state index < -0.39 is 23.7 Å². The van der Waals surface area contributed by atoms with Crippen LogP contribution in [-0.2, 0) is 0 Å². The molecular formula is C23H16F2N4O2S. The van der Waals surface area contributed by atoms with Crippen LogP contribution < -0.4 is 10.2 Å². The van der Waals surface area contributed by atoms with E-state index in [-0.39, 0.29) is 11.6 Å². The van der Waals surface area contributed by atoms with Gasteiger partial charge in [0.2, 0.25) is 5.82 Å². The van der Waals surface area contributed by atoms with Gasteiger partial charge in [0, 0.05) is 11.8 Å². The minimum atomic E-state index is -0.787. The zero-order valence-corrected chi connectivity index (χ0v) is 17.6. The summed E-state index contributed by atoms with van der Waals surface area (Å²) >= 11 is 1.47. The van der Waals surface area contributed by atoms with Crippen LogP contribution in [0.25, 0.3) is 16.3 Å². The number of carbonyl (C=O) groups excluding carboxylic acids is 1. The van der Waals surface area contributed by atoms with Crippen LogP contribution in [0.4, 0.5) is 19.3 Å². The van der Waals surface area contributed by atoms with Crippen LogP contribution in [0.1, 0.15) is 24.4 Å². The highest BCUT2D eigenvalue weighted by Crippen LogP contribution is 2.39. The molecule has 32 heavy (non-hydrogen) atoms. The number of allylic oxidation sites excluding steroid dienone is 1. The van der Waals surface area contributed by atoms with Crippen LogP contribution in [0, 0.1) is 11.6 Å². The normalized spacial score (nSPS) is 16.4. The molecule has 2 aromatic heterocycles. The number of hydrogen-bond donors (Lipinski definition) is 1. The zero-order valence-electron chi connectivity index (χ0n) is 16.8. The molecule has 4 aromatic rings.